The largest absolute Gasteiger partial charge is 0.496 e. The van der Waals surface area contributed by atoms with Gasteiger partial charge in [-0.3, -0.25) is 0 Å². The van der Waals surface area contributed by atoms with E-state index in [0.29, 0.717) is 16.8 Å². The van der Waals surface area contributed by atoms with Crippen molar-refractivity contribution in [2.45, 2.75) is 78.1 Å². The lowest BCUT2D eigenvalue weighted by molar-refractivity contribution is 0.00578. The number of carbonyl (C=O) groups is 1. The summed E-state index contributed by atoms with van der Waals surface area (Å²) in [6, 6.07) is 10.4. The number of ether oxygens (including phenoxy) is 2. The molecule has 1 amide bonds. The van der Waals surface area contributed by atoms with Crippen molar-refractivity contribution in [3.05, 3.63) is 52.8 Å². The summed E-state index contributed by atoms with van der Waals surface area (Å²) >= 11 is 6.57. The maximum absolute atomic E-state index is 15.2. The van der Waals surface area contributed by atoms with E-state index in [9.17, 15) is 4.79 Å². The predicted octanol–water partition coefficient (Wildman–Crippen LogP) is 6.54. The molecule has 9 heteroatoms. The minimum absolute atomic E-state index is 0.101. The summed E-state index contributed by atoms with van der Waals surface area (Å²) in [5, 5.41) is -0.101. The van der Waals surface area contributed by atoms with Crippen LogP contribution < -0.4 is 10.2 Å². The van der Waals surface area contributed by atoms with Crippen LogP contribution in [0, 0.1) is 5.82 Å². The predicted molar refractivity (Wildman–Crippen MR) is 141 cm³/mol. The zero-order valence-electron chi connectivity index (χ0n) is 22.6. The maximum Gasteiger partial charge on any atom is 0.496 e. The lowest BCUT2D eigenvalue weighted by atomic mass is 9.72. The van der Waals surface area contributed by atoms with E-state index in [1.165, 1.54) is 11.0 Å². The molecule has 1 fully saturated rings. The Bertz CT molecular complexity index is 1090. The van der Waals surface area contributed by atoms with Gasteiger partial charge in [0, 0.05) is 36.6 Å². The highest BCUT2D eigenvalue weighted by atomic mass is 35.5. The standard InChI is InChI=1S/C27H36BClFNO5/c1-17(16-31(9)24(32)34-25(2,3)4)21-20(33-18-13-11-10-12-14-18)15-19(30)23(29)22(21)28-35-26(5,6)27(7,8)36-28/h10-15,17H,16H2,1-9H3/t17-/m1/s1. The second kappa shape index (κ2) is 10.2. The fourth-order valence-electron chi connectivity index (χ4n) is 3.95. The van der Waals surface area contributed by atoms with Crippen molar-refractivity contribution in [2.24, 2.45) is 0 Å². The second-order valence-corrected chi connectivity index (χ2v) is 11.6. The van der Waals surface area contributed by atoms with E-state index in [-0.39, 0.29) is 23.2 Å². The molecule has 1 heterocycles. The number of likely N-dealkylation sites (N-methyl/N-ethyl adjacent to an activating group) is 1. The molecule has 0 radical (unpaired) electrons. The van der Waals surface area contributed by atoms with Gasteiger partial charge >= 0.3 is 13.2 Å². The first kappa shape index (κ1) is 28.3. The lowest BCUT2D eigenvalue weighted by Gasteiger charge is -2.32. The quantitative estimate of drug-likeness (QED) is 0.406. The molecular formula is C27H36BClFNO5. The Hall–Kier alpha value is -2.29. The van der Waals surface area contributed by atoms with Crippen LogP contribution in [0.25, 0.3) is 0 Å². The van der Waals surface area contributed by atoms with E-state index in [0.717, 1.165) is 0 Å². The average Bonchev–Trinajstić information content (AvgIpc) is 2.96. The molecule has 0 aromatic heterocycles. The van der Waals surface area contributed by atoms with Crippen molar-refractivity contribution in [3.63, 3.8) is 0 Å². The summed E-state index contributed by atoms with van der Waals surface area (Å²) in [6.07, 6.45) is -0.467. The highest BCUT2D eigenvalue weighted by molar-refractivity contribution is 6.66. The Kier molecular flexibility index (Phi) is 8.04. The zero-order valence-corrected chi connectivity index (χ0v) is 23.3. The number of hydrogen-bond acceptors (Lipinski definition) is 5. The molecule has 6 nitrogen and oxygen atoms in total. The number of halogens is 2. The van der Waals surface area contributed by atoms with Crippen LogP contribution in [0.3, 0.4) is 0 Å². The normalized spacial score (nSPS) is 17.6. The number of carbonyl (C=O) groups excluding carboxylic acids is 1. The van der Waals surface area contributed by atoms with Gasteiger partial charge in [-0.2, -0.15) is 0 Å². The summed E-state index contributed by atoms with van der Waals surface area (Å²) in [5.74, 6) is -0.178. The first-order valence-electron chi connectivity index (χ1n) is 12.1. The molecule has 0 N–H and O–H groups in total. The molecular weight excluding hydrogens is 484 g/mol. The summed E-state index contributed by atoms with van der Waals surface area (Å²) in [4.78, 5) is 14.2. The number of para-hydroxylation sites is 1. The first-order valence-corrected chi connectivity index (χ1v) is 12.4. The van der Waals surface area contributed by atoms with Gasteiger partial charge in [0.2, 0.25) is 0 Å². The van der Waals surface area contributed by atoms with Crippen molar-refractivity contribution >= 4 is 30.3 Å². The van der Waals surface area contributed by atoms with Gasteiger partial charge in [-0.25, -0.2) is 9.18 Å². The maximum atomic E-state index is 15.2. The number of benzene rings is 2. The minimum atomic E-state index is -0.930. The van der Waals surface area contributed by atoms with Gasteiger partial charge in [-0.1, -0.05) is 36.7 Å². The molecule has 0 bridgehead atoms. The van der Waals surface area contributed by atoms with Crippen molar-refractivity contribution in [1.82, 2.24) is 4.90 Å². The summed E-state index contributed by atoms with van der Waals surface area (Å²) in [7, 11) is 0.725. The van der Waals surface area contributed by atoms with E-state index < -0.39 is 35.8 Å². The highest BCUT2D eigenvalue weighted by Crippen LogP contribution is 2.40. The minimum Gasteiger partial charge on any atom is -0.457 e. The summed E-state index contributed by atoms with van der Waals surface area (Å²) in [5.41, 5.74) is -1.02. The molecule has 196 valence electrons. The lowest BCUT2D eigenvalue weighted by Crippen LogP contribution is -2.41. The molecule has 1 aliphatic heterocycles. The van der Waals surface area contributed by atoms with Gasteiger partial charge in [0.05, 0.1) is 16.2 Å². The molecule has 1 aliphatic rings. The van der Waals surface area contributed by atoms with Crippen molar-refractivity contribution in [1.29, 1.82) is 0 Å². The third kappa shape index (κ3) is 6.16. The Morgan fingerprint density at radius 3 is 2.22 bits per heavy atom. The molecule has 0 unspecified atom stereocenters. The SMILES string of the molecule is C[C@H](CN(C)C(=O)OC(C)(C)C)c1c(Oc2ccccc2)cc(F)c(Cl)c1B1OC(C)(C)C(C)(C)O1. The van der Waals surface area contributed by atoms with Gasteiger partial charge < -0.3 is 23.7 Å². The van der Waals surface area contributed by atoms with Crippen LogP contribution in [0.1, 0.15) is 66.9 Å². The van der Waals surface area contributed by atoms with Crippen molar-refractivity contribution < 1.29 is 28.0 Å². The molecule has 0 aliphatic carbocycles. The van der Waals surface area contributed by atoms with Crippen LogP contribution in [0.4, 0.5) is 9.18 Å². The smallest absolute Gasteiger partial charge is 0.457 e. The van der Waals surface area contributed by atoms with Crippen LogP contribution in [0.5, 0.6) is 11.5 Å². The van der Waals surface area contributed by atoms with E-state index in [2.05, 4.69) is 0 Å². The molecule has 2 aromatic rings. The van der Waals surface area contributed by atoms with Gasteiger partial charge in [-0.05, 0) is 60.6 Å². The Morgan fingerprint density at radius 1 is 1.14 bits per heavy atom. The number of rotatable bonds is 6. The molecule has 36 heavy (non-hydrogen) atoms. The molecule has 0 saturated carbocycles. The fraction of sp³-hybridized carbons (Fsp3) is 0.519. The van der Waals surface area contributed by atoms with Gasteiger partial charge in [-0.15, -0.1) is 0 Å². The number of nitrogens with zero attached hydrogens (tertiary/aromatic N) is 1. The Balaban J connectivity index is 2.09. The fourth-order valence-corrected chi connectivity index (χ4v) is 4.20. The van der Waals surface area contributed by atoms with E-state index in [1.807, 2.05) is 73.6 Å². The summed E-state index contributed by atoms with van der Waals surface area (Å²) in [6.45, 7) is 15.3. The molecule has 1 atom stereocenters. The van der Waals surface area contributed by atoms with Crippen molar-refractivity contribution in [3.8, 4) is 11.5 Å². The van der Waals surface area contributed by atoms with Gasteiger partial charge in [0.1, 0.15) is 22.9 Å². The van der Waals surface area contributed by atoms with Crippen LogP contribution in [-0.2, 0) is 14.0 Å². The van der Waals surface area contributed by atoms with Crippen LogP contribution in [-0.4, -0.2) is 48.5 Å². The van der Waals surface area contributed by atoms with Gasteiger partial charge in [0.25, 0.3) is 0 Å². The third-order valence-electron chi connectivity index (χ3n) is 6.47. The first-order chi connectivity index (χ1) is 16.5. The van der Waals surface area contributed by atoms with E-state index >= 15 is 4.39 Å². The van der Waals surface area contributed by atoms with Crippen LogP contribution in [0.2, 0.25) is 5.02 Å². The molecule has 0 spiro atoms. The second-order valence-electron chi connectivity index (χ2n) is 11.3. The van der Waals surface area contributed by atoms with E-state index in [1.54, 1.807) is 19.2 Å². The average molecular weight is 520 g/mol. The Labute approximate surface area is 219 Å². The molecule has 3 rings (SSSR count). The van der Waals surface area contributed by atoms with Gasteiger partial charge in [0.15, 0.2) is 0 Å². The number of amides is 1. The monoisotopic (exact) mass is 519 g/mol. The van der Waals surface area contributed by atoms with Crippen molar-refractivity contribution in [2.75, 3.05) is 13.6 Å². The molecule has 1 saturated heterocycles. The highest BCUT2D eigenvalue weighted by Gasteiger charge is 2.53. The number of hydrogen-bond donors (Lipinski definition) is 0. The Morgan fingerprint density at radius 2 is 1.69 bits per heavy atom. The topological polar surface area (TPSA) is 57.2 Å². The van der Waals surface area contributed by atoms with E-state index in [4.69, 9.17) is 30.4 Å². The zero-order chi connectivity index (χ0) is 27.1. The van der Waals surface area contributed by atoms with Crippen LogP contribution >= 0.6 is 11.6 Å². The summed E-state index contributed by atoms with van der Waals surface area (Å²) < 4.78 is 39.4. The molecule has 2 aromatic carbocycles. The third-order valence-corrected chi connectivity index (χ3v) is 6.85. The van der Waals surface area contributed by atoms with Crippen LogP contribution in [0.15, 0.2) is 36.4 Å².